The number of alkyl halides is 4. The lowest BCUT2D eigenvalue weighted by molar-refractivity contribution is -0.123. The fourth-order valence-corrected chi connectivity index (χ4v) is 7.08. The predicted octanol–water partition coefficient (Wildman–Crippen LogP) is 5.04. The number of fused-ring (bicyclic) bond motifs is 5. The van der Waals surface area contributed by atoms with Crippen molar-refractivity contribution in [3.05, 3.63) is 34.3 Å². The molecule has 1 aromatic rings. The number of benzene rings is 1. The van der Waals surface area contributed by atoms with Gasteiger partial charge in [-0.2, -0.15) is 0 Å². The first-order valence-corrected chi connectivity index (χ1v) is 10.2. The molecule has 1 heterocycles. The summed E-state index contributed by atoms with van der Waals surface area (Å²) in [4.78, 5) is 24.0. The van der Waals surface area contributed by atoms with E-state index in [1.54, 1.807) is 31.2 Å². The van der Waals surface area contributed by atoms with E-state index in [1.807, 2.05) is 0 Å². The molecule has 10 heteroatoms. The zero-order chi connectivity index (χ0) is 19.9. The number of carbonyl (C=O) groups is 2. The second kappa shape index (κ2) is 6.07. The fraction of sp³-hybridized carbons (Fsp3) is 0.412. The first-order valence-electron chi connectivity index (χ1n) is 7.98. The number of para-hydroxylation sites is 2. The van der Waals surface area contributed by atoms with Crippen molar-refractivity contribution < 1.29 is 14.3 Å². The summed E-state index contributed by atoms with van der Waals surface area (Å²) < 4.78 is 3.60. The average Bonchev–Trinajstić information content (AvgIpc) is 3.00. The van der Waals surface area contributed by atoms with Crippen molar-refractivity contribution in [2.24, 2.45) is 11.8 Å². The highest BCUT2D eigenvalue weighted by Crippen LogP contribution is 2.77. The van der Waals surface area contributed by atoms with Gasteiger partial charge in [0.25, 0.3) is 0 Å². The number of ether oxygens (including phenoxy) is 1. The van der Waals surface area contributed by atoms with Crippen LogP contribution in [0.3, 0.4) is 0 Å². The SMILES string of the molecule is CCOc1ccccc1N1C(=O)[C@@H]2[C@@H](C1=O)[C@@]1(Cl)C(Cl)=C(Cl)[C@@]2(Cl)C1(Cl)Cl. The minimum absolute atomic E-state index is 0.117. The van der Waals surface area contributed by atoms with Crippen LogP contribution in [-0.4, -0.2) is 32.5 Å². The molecule has 0 aromatic heterocycles. The number of halogens is 6. The highest BCUT2D eigenvalue weighted by Gasteiger charge is 2.87. The number of allylic oxidation sites excluding steroid dienone is 2. The maximum atomic E-state index is 13.3. The third-order valence-electron chi connectivity index (χ3n) is 5.31. The molecular formula is C17H11Cl6NO3. The van der Waals surface area contributed by atoms with Gasteiger partial charge in [-0.05, 0) is 19.1 Å². The maximum Gasteiger partial charge on any atom is 0.240 e. The van der Waals surface area contributed by atoms with Gasteiger partial charge in [-0.25, -0.2) is 4.90 Å². The van der Waals surface area contributed by atoms with Gasteiger partial charge in [-0.1, -0.05) is 58.5 Å². The van der Waals surface area contributed by atoms with Crippen LogP contribution < -0.4 is 9.64 Å². The average molecular weight is 490 g/mol. The summed E-state index contributed by atoms with van der Waals surface area (Å²) in [5, 5.41) is -0.235. The number of hydrogen-bond donors (Lipinski definition) is 0. The van der Waals surface area contributed by atoms with Crippen molar-refractivity contribution in [2.75, 3.05) is 11.5 Å². The van der Waals surface area contributed by atoms with Crippen LogP contribution in [0.1, 0.15) is 6.92 Å². The van der Waals surface area contributed by atoms with Crippen molar-refractivity contribution >= 4 is 87.1 Å². The number of imide groups is 1. The van der Waals surface area contributed by atoms with Gasteiger partial charge in [0, 0.05) is 0 Å². The number of amides is 2. The molecule has 4 rings (SSSR count). The quantitative estimate of drug-likeness (QED) is 0.441. The Morgan fingerprint density at radius 3 is 1.93 bits per heavy atom. The minimum Gasteiger partial charge on any atom is -0.492 e. The van der Waals surface area contributed by atoms with E-state index in [-0.39, 0.29) is 15.8 Å². The molecule has 1 saturated heterocycles. The van der Waals surface area contributed by atoms with Crippen LogP contribution in [-0.2, 0) is 9.59 Å². The summed E-state index contributed by atoms with van der Waals surface area (Å²) in [6.07, 6.45) is 0. The van der Waals surface area contributed by atoms with E-state index in [9.17, 15) is 9.59 Å². The van der Waals surface area contributed by atoms with E-state index < -0.39 is 37.7 Å². The van der Waals surface area contributed by atoms with Crippen LogP contribution >= 0.6 is 69.6 Å². The first kappa shape index (κ1) is 19.9. The van der Waals surface area contributed by atoms with Crippen molar-refractivity contribution in [1.29, 1.82) is 0 Å². The molecule has 144 valence electrons. The van der Waals surface area contributed by atoms with Gasteiger partial charge in [0.15, 0.2) is 4.33 Å². The molecule has 1 aromatic carbocycles. The number of anilines is 1. The summed E-state index contributed by atoms with van der Waals surface area (Å²) in [6.45, 7) is 2.14. The number of nitrogens with zero attached hydrogens (tertiary/aromatic N) is 1. The van der Waals surface area contributed by atoms with E-state index in [0.29, 0.717) is 12.4 Å². The lowest BCUT2D eigenvalue weighted by Gasteiger charge is -2.34. The molecule has 2 amide bonds. The van der Waals surface area contributed by atoms with Gasteiger partial charge < -0.3 is 4.74 Å². The largest absolute Gasteiger partial charge is 0.492 e. The zero-order valence-electron chi connectivity index (χ0n) is 13.6. The van der Waals surface area contributed by atoms with Crippen LogP contribution in [0.5, 0.6) is 5.75 Å². The topological polar surface area (TPSA) is 46.6 Å². The normalized spacial score (nSPS) is 36.6. The third-order valence-corrected chi connectivity index (χ3v) is 9.57. The van der Waals surface area contributed by atoms with Gasteiger partial charge in [0.05, 0.1) is 34.2 Å². The standard InChI is InChI=1S/C17H11Cl6NO3/c1-2-27-8-6-4-3-5-7(8)24-13(25)9-10(14(24)26)16(21)12(19)11(18)15(9,20)17(16,22)23/h3-6,9-10H,2H2,1H3/t9-,10-,15+,16+/m0/s1. The summed E-state index contributed by atoms with van der Waals surface area (Å²) >= 11 is 38.8. The van der Waals surface area contributed by atoms with E-state index in [4.69, 9.17) is 74.3 Å². The highest BCUT2D eigenvalue weighted by atomic mass is 35.5. The summed E-state index contributed by atoms with van der Waals surface area (Å²) in [5.74, 6) is -3.17. The van der Waals surface area contributed by atoms with Crippen LogP contribution in [0.25, 0.3) is 0 Å². The molecule has 4 nitrogen and oxygen atoms in total. The number of carbonyl (C=O) groups excluding carboxylic acids is 2. The number of rotatable bonds is 3. The van der Waals surface area contributed by atoms with Crippen molar-refractivity contribution in [3.8, 4) is 5.75 Å². The lowest BCUT2D eigenvalue weighted by atomic mass is 9.84. The molecule has 2 fully saturated rings. The maximum absolute atomic E-state index is 13.3. The highest BCUT2D eigenvalue weighted by molar-refractivity contribution is 6.67. The van der Waals surface area contributed by atoms with Gasteiger partial charge in [-0.3, -0.25) is 9.59 Å². The Labute approximate surface area is 185 Å². The Morgan fingerprint density at radius 1 is 0.963 bits per heavy atom. The van der Waals surface area contributed by atoms with Gasteiger partial charge >= 0.3 is 0 Å². The Morgan fingerprint density at radius 2 is 1.44 bits per heavy atom. The molecule has 2 aliphatic carbocycles. The summed E-state index contributed by atoms with van der Waals surface area (Å²) in [6, 6.07) is 6.66. The predicted molar refractivity (Wildman–Crippen MR) is 107 cm³/mol. The lowest BCUT2D eigenvalue weighted by Crippen LogP contribution is -2.50. The first-order chi connectivity index (χ1) is 12.6. The Hall–Kier alpha value is -0.360. The molecule has 3 aliphatic rings. The molecule has 0 spiro atoms. The second-order valence-electron chi connectivity index (χ2n) is 6.49. The number of hydrogen-bond acceptors (Lipinski definition) is 3. The van der Waals surface area contributed by atoms with Gasteiger partial charge in [-0.15, -0.1) is 23.2 Å². The molecule has 2 bridgehead atoms. The van der Waals surface area contributed by atoms with Crippen molar-refractivity contribution in [1.82, 2.24) is 0 Å². The molecule has 4 atom stereocenters. The Bertz CT molecular complexity index is 872. The fourth-order valence-electron chi connectivity index (χ4n) is 4.15. The van der Waals surface area contributed by atoms with Crippen LogP contribution in [0.4, 0.5) is 5.69 Å². The third kappa shape index (κ3) is 2.05. The van der Waals surface area contributed by atoms with Crippen molar-refractivity contribution in [3.63, 3.8) is 0 Å². The van der Waals surface area contributed by atoms with Gasteiger partial charge in [0.2, 0.25) is 11.8 Å². The molecule has 27 heavy (non-hydrogen) atoms. The Balaban J connectivity index is 1.89. The molecule has 1 aliphatic heterocycles. The monoisotopic (exact) mass is 487 g/mol. The van der Waals surface area contributed by atoms with E-state index >= 15 is 0 Å². The summed E-state index contributed by atoms with van der Waals surface area (Å²) in [5.41, 5.74) is 0.283. The van der Waals surface area contributed by atoms with E-state index in [0.717, 1.165) is 4.90 Å². The van der Waals surface area contributed by atoms with Crippen molar-refractivity contribution in [2.45, 2.75) is 21.0 Å². The minimum atomic E-state index is -1.94. The Kier molecular flexibility index (Phi) is 4.48. The van der Waals surface area contributed by atoms with Crippen LogP contribution in [0.2, 0.25) is 0 Å². The molecule has 0 radical (unpaired) electrons. The molecule has 1 saturated carbocycles. The molecule has 0 N–H and O–H groups in total. The molecular weight excluding hydrogens is 479 g/mol. The zero-order valence-corrected chi connectivity index (χ0v) is 18.1. The smallest absolute Gasteiger partial charge is 0.240 e. The summed E-state index contributed by atoms with van der Waals surface area (Å²) in [7, 11) is 0. The van der Waals surface area contributed by atoms with E-state index in [1.165, 1.54) is 0 Å². The van der Waals surface area contributed by atoms with Crippen LogP contribution in [0.15, 0.2) is 34.3 Å². The van der Waals surface area contributed by atoms with Crippen LogP contribution in [0, 0.1) is 11.8 Å². The van der Waals surface area contributed by atoms with E-state index in [2.05, 4.69) is 0 Å². The molecule has 0 unspecified atom stereocenters. The van der Waals surface area contributed by atoms with Gasteiger partial charge in [0.1, 0.15) is 15.5 Å². The second-order valence-corrected chi connectivity index (χ2v) is 9.77.